The summed E-state index contributed by atoms with van der Waals surface area (Å²) in [5.74, 6) is 0.855. The van der Waals surface area contributed by atoms with Crippen molar-refractivity contribution in [1.82, 2.24) is 9.59 Å². The molecule has 2 rings (SSSR count). The molecule has 6 heteroatoms. The molecule has 0 amide bonds. The minimum atomic E-state index is 0.430. The van der Waals surface area contributed by atoms with Gasteiger partial charge in [0.25, 0.3) is 0 Å². The van der Waals surface area contributed by atoms with Gasteiger partial charge in [-0.3, -0.25) is 0 Å². The van der Waals surface area contributed by atoms with Gasteiger partial charge in [0.15, 0.2) is 0 Å². The van der Waals surface area contributed by atoms with E-state index < -0.39 is 0 Å². The maximum atomic E-state index is 5.80. The van der Waals surface area contributed by atoms with Crippen LogP contribution in [0.3, 0.4) is 0 Å². The molecule has 0 saturated carbocycles. The van der Waals surface area contributed by atoms with Crippen LogP contribution in [0.15, 0.2) is 16.6 Å². The van der Waals surface area contributed by atoms with Crippen molar-refractivity contribution < 1.29 is 4.74 Å². The van der Waals surface area contributed by atoms with Gasteiger partial charge in [-0.25, -0.2) is 0 Å². The molecule has 1 N–H and O–H groups in total. The molecule has 1 aromatic carbocycles. The number of nitrogens with zero attached hydrogens (tertiary/aromatic N) is 2. The summed E-state index contributed by atoms with van der Waals surface area (Å²) in [5.41, 5.74) is 3.18. The molecule has 0 saturated heterocycles. The van der Waals surface area contributed by atoms with E-state index in [9.17, 15) is 0 Å². The van der Waals surface area contributed by atoms with E-state index in [-0.39, 0.29) is 0 Å². The fourth-order valence-corrected chi connectivity index (χ4v) is 2.60. The number of aryl methyl sites for hydroxylation is 2. The van der Waals surface area contributed by atoms with Crippen molar-refractivity contribution in [2.24, 2.45) is 0 Å². The molecule has 1 aromatic heterocycles. The summed E-state index contributed by atoms with van der Waals surface area (Å²) in [7, 11) is 0. The average Bonchev–Trinajstić information content (AvgIpc) is 2.81. The van der Waals surface area contributed by atoms with Gasteiger partial charge in [-0.15, -0.1) is 5.10 Å². The van der Waals surface area contributed by atoms with Crippen LogP contribution >= 0.6 is 27.5 Å². The van der Waals surface area contributed by atoms with Gasteiger partial charge in [-0.05, 0) is 44.0 Å². The highest BCUT2D eigenvalue weighted by Gasteiger charge is 2.09. The number of halogens is 1. The summed E-state index contributed by atoms with van der Waals surface area (Å²) < 4.78 is 10.9. The zero-order valence-electron chi connectivity index (χ0n) is 11.2. The van der Waals surface area contributed by atoms with E-state index in [0.717, 1.165) is 27.5 Å². The summed E-state index contributed by atoms with van der Waals surface area (Å²) in [6.45, 7) is 7.44. The Kier molecular flexibility index (Phi) is 4.76. The molecule has 0 bridgehead atoms. The Balaban J connectivity index is 2.08. The Morgan fingerprint density at radius 2 is 2.00 bits per heavy atom. The van der Waals surface area contributed by atoms with Gasteiger partial charge >= 0.3 is 0 Å². The summed E-state index contributed by atoms with van der Waals surface area (Å²) in [6, 6.07) is 4.04. The lowest BCUT2D eigenvalue weighted by Crippen LogP contribution is -2.02. The van der Waals surface area contributed by atoms with Gasteiger partial charge in [0, 0.05) is 22.5 Å². The molecule has 0 radical (unpaired) electrons. The minimum absolute atomic E-state index is 0.430. The molecule has 2 aromatic rings. The second kappa shape index (κ2) is 6.34. The van der Waals surface area contributed by atoms with Crippen LogP contribution in [0.5, 0.6) is 5.75 Å². The van der Waals surface area contributed by atoms with Crippen molar-refractivity contribution in [2.45, 2.75) is 27.4 Å². The fourth-order valence-electron chi connectivity index (χ4n) is 1.74. The summed E-state index contributed by atoms with van der Waals surface area (Å²) in [6.07, 6.45) is 0. The van der Waals surface area contributed by atoms with Gasteiger partial charge in [0.1, 0.15) is 23.1 Å². The maximum absolute atomic E-state index is 5.80. The summed E-state index contributed by atoms with van der Waals surface area (Å²) in [5, 5.41) is 8.29. The maximum Gasteiger partial charge on any atom is 0.136 e. The smallest absolute Gasteiger partial charge is 0.136 e. The van der Waals surface area contributed by atoms with Gasteiger partial charge in [-0.2, -0.15) is 0 Å². The SMILES string of the molecule is CCNc1snnc1COc1cc(C)c(Br)c(C)c1. The van der Waals surface area contributed by atoms with Gasteiger partial charge in [0.2, 0.25) is 0 Å². The van der Waals surface area contributed by atoms with Gasteiger partial charge in [0.05, 0.1) is 0 Å². The number of hydrogen-bond acceptors (Lipinski definition) is 5. The molecule has 0 aliphatic carbocycles. The normalized spacial score (nSPS) is 10.5. The third-order valence-electron chi connectivity index (χ3n) is 2.68. The van der Waals surface area contributed by atoms with E-state index in [2.05, 4.69) is 44.7 Å². The molecule has 1 heterocycles. The highest BCUT2D eigenvalue weighted by atomic mass is 79.9. The van der Waals surface area contributed by atoms with Crippen LogP contribution < -0.4 is 10.1 Å². The van der Waals surface area contributed by atoms with Crippen molar-refractivity contribution in [3.63, 3.8) is 0 Å². The van der Waals surface area contributed by atoms with Gasteiger partial charge in [-0.1, -0.05) is 20.4 Å². The minimum Gasteiger partial charge on any atom is -0.487 e. The third-order valence-corrected chi connectivity index (χ3v) is 4.66. The third kappa shape index (κ3) is 3.45. The Morgan fingerprint density at radius 3 is 2.63 bits per heavy atom. The molecule has 0 spiro atoms. The average molecular weight is 342 g/mol. The summed E-state index contributed by atoms with van der Waals surface area (Å²) in [4.78, 5) is 0. The number of rotatable bonds is 5. The summed E-state index contributed by atoms with van der Waals surface area (Å²) >= 11 is 4.91. The Bertz CT molecular complexity index is 548. The molecule has 0 fully saturated rings. The monoisotopic (exact) mass is 341 g/mol. The molecule has 19 heavy (non-hydrogen) atoms. The molecule has 0 aliphatic rings. The number of aromatic nitrogens is 2. The lowest BCUT2D eigenvalue weighted by atomic mass is 10.1. The van der Waals surface area contributed by atoms with Crippen molar-refractivity contribution in [3.8, 4) is 5.75 Å². The van der Waals surface area contributed by atoms with Gasteiger partial charge < -0.3 is 10.1 Å². The predicted octanol–water partition coefficient (Wildman–Crippen LogP) is 3.93. The van der Waals surface area contributed by atoms with Crippen LogP contribution in [0, 0.1) is 13.8 Å². The molecule has 0 atom stereocenters. The molecule has 0 unspecified atom stereocenters. The first-order valence-corrected chi connectivity index (χ1v) is 7.63. The molecule has 4 nitrogen and oxygen atoms in total. The first kappa shape index (κ1) is 14.3. The van der Waals surface area contributed by atoms with Crippen LogP contribution in [0.2, 0.25) is 0 Å². The van der Waals surface area contributed by atoms with Crippen molar-refractivity contribution >= 4 is 32.5 Å². The van der Waals surface area contributed by atoms with E-state index in [1.807, 2.05) is 19.1 Å². The first-order valence-electron chi connectivity index (χ1n) is 6.06. The number of nitrogens with one attached hydrogen (secondary N) is 1. The van der Waals surface area contributed by atoms with E-state index in [0.29, 0.717) is 6.61 Å². The van der Waals surface area contributed by atoms with Crippen LogP contribution in [-0.4, -0.2) is 16.1 Å². The van der Waals surface area contributed by atoms with Crippen LogP contribution in [-0.2, 0) is 6.61 Å². The molecular weight excluding hydrogens is 326 g/mol. The van der Waals surface area contributed by atoms with Crippen LogP contribution in [0.4, 0.5) is 5.00 Å². The van der Waals surface area contributed by atoms with Crippen LogP contribution in [0.25, 0.3) is 0 Å². The molecular formula is C13H16BrN3OS. The Morgan fingerprint density at radius 1 is 1.32 bits per heavy atom. The van der Waals surface area contributed by atoms with E-state index in [1.165, 1.54) is 22.7 Å². The number of ether oxygens (including phenoxy) is 1. The number of hydrogen-bond donors (Lipinski definition) is 1. The van der Waals surface area contributed by atoms with Crippen molar-refractivity contribution in [1.29, 1.82) is 0 Å². The Hall–Kier alpha value is -1.14. The van der Waals surface area contributed by atoms with E-state index in [4.69, 9.17) is 4.74 Å². The first-order chi connectivity index (χ1) is 9.11. The topological polar surface area (TPSA) is 47.0 Å². The second-order valence-electron chi connectivity index (χ2n) is 4.24. The lowest BCUT2D eigenvalue weighted by molar-refractivity contribution is 0.301. The number of anilines is 1. The quantitative estimate of drug-likeness (QED) is 0.894. The second-order valence-corrected chi connectivity index (χ2v) is 5.79. The zero-order valence-corrected chi connectivity index (χ0v) is 13.6. The van der Waals surface area contributed by atoms with Crippen molar-refractivity contribution in [2.75, 3.05) is 11.9 Å². The standard InChI is InChI=1S/C13H16BrN3OS/c1-4-15-13-11(16-17-19-13)7-18-10-5-8(2)12(14)9(3)6-10/h5-6,15H,4,7H2,1-3H3. The lowest BCUT2D eigenvalue weighted by Gasteiger charge is -2.09. The van der Waals surface area contributed by atoms with Crippen LogP contribution in [0.1, 0.15) is 23.7 Å². The molecule has 102 valence electrons. The molecule has 0 aliphatic heterocycles. The highest BCUT2D eigenvalue weighted by Crippen LogP contribution is 2.27. The largest absolute Gasteiger partial charge is 0.487 e. The predicted molar refractivity (Wildman–Crippen MR) is 82.0 cm³/mol. The van der Waals surface area contributed by atoms with E-state index in [1.54, 1.807) is 0 Å². The number of benzene rings is 1. The fraction of sp³-hybridized carbons (Fsp3) is 0.385. The Labute approximate surface area is 125 Å². The van der Waals surface area contributed by atoms with E-state index >= 15 is 0 Å². The highest BCUT2D eigenvalue weighted by molar-refractivity contribution is 9.10. The van der Waals surface area contributed by atoms with Crippen molar-refractivity contribution in [3.05, 3.63) is 33.4 Å². The zero-order chi connectivity index (χ0) is 13.8.